The van der Waals surface area contributed by atoms with Crippen LogP contribution in [0.5, 0.6) is 5.75 Å². The van der Waals surface area contributed by atoms with E-state index in [0.29, 0.717) is 28.6 Å². The SMILES string of the molecule is O=C(CCCc1ccc(Cl)cc1)Nc1ccc2c(c1)NC(=O)C(c1ccccc1)O2. The topological polar surface area (TPSA) is 67.4 Å². The number of hydrogen-bond donors (Lipinski definition) is 2. The van der Waals surface area contributed by atoms with Gasteiger partial charge in [0, 0.05) is 22.7 Å². The average Bonchev–Trinajstić information content (AvgIpc) is 2.75. The highest BCUT2D eigenvalue weighted by molar-refractivity contribution is 6.30. The van der Waals surface area contributed by atoms with Crippen LogP contribution in [0, 0.1) is 0 Å². The first-order chi connectivity index (χ1) is 14.6. The smallest absolute Gasteiger partial charge is 0.270 e. The minimum absolute atomic E-state index is 0.0749. The molecule has 1 aliphatic heterocycles. The lowest BCUT2D eigenvalue weighted by atomic mass is 10.1. The Labute approximate surface area is 180 Å². The molecular weight excluding hydrogens is 400 g/mol. The molecule has 0 radical (unpaired) electrons. The number of hydrogen-bond acceptors (Lipinski definition) is 3. The molecule has 1 atom stereocenters. The molecular formula is C24H21ClN2O3. The van der Waals surface area contributed by atoms with E-state index in [2.05, 4.69) is 10.6 Å². The van der Waals surface area contributed by atoms with E-state index in [9.17, 15) is 9.59 Å². The zero-order valence-corrected chi connectivity index (χ0v) is 17.0. The molecule has 1 aliphatic rings. The fourth-order valence-corrected chi connectivity index (χ4v) is 3.49. The van der Waals surface area contributed by atoms with E-state index in [4.69, 9.17) is 16.3 Å². The Balaban J connectivity index is 1.34. The molecule has 0 fully saturated rings. The minimum Gasteiger partial charge on any atom is -0.474 e. The van der Waals surface area contributed by atoms with Crippen LogP contribution in [-0.4, -0.2) is 11.8 Å². The maximum atomic E-state index is 12.5. The van der Waals surface area contributed by atoms with Gasteiger partial charge in [0.05, 0.1) is 5.69 Å². The quantitative estimate of drug-likeness (QED) is 0.563. The van der Waals surface area contributed by atoms with Crippen molar-refractivity contribution in [3.63, 3.8) is 0 Å². The van der Waals surface area contributed by atoms with Gasteiger partial charge in [0.25, 0.3) is 5.91 Å². The van der Waals surface area contributed by atoms with E-state index in [1.165, 1.54) is 0 Å². The van der Waals surface area contributed by atoms with Crippen molar-refractivity contribution in [1.29, 1.82) is 0 Å². The van der Waals surface area contributed by atoms with E-state index in [-0.39, 0.29) is 11.8 Å². The number of benzene rings is 3. The summed E-state index contributed by atoms with van der Waals surface area (Å²) in [5, 5.41) is 6.45. The summed E-state index contributed by atoms with van der Waals surface area (Å²) in [5.41, 5.74) is 3.10. The molecule has 1 unspecified atom stereocenters. The van der Waals surface area contributed by atoms with Gasteiger partial charge < -0.3 is 15.4 Å². The Bertz CT molecular complexity index is 1050. The van der Waals surface area contributed by atoms with Crippen LogP contribution < -0.4 is 15.4 Å². The van der Waals surface area contributed by atoms with Crippen molar-refractivity contribution in [2.45, 2.75) is 25.4 Å². The minimum atomic E-state index is -0.688. The van der Waals surface area contributed by atoms with Crippen LogP contribution in [0.25, 0.3) is 0 Å². The van der Waals surface area contributed by atoms with Crippen molar-refractivity contribution in [1.82, 2.24) is 0 Å². The first kappa shape index (κ1) is 20.0. The van der Waals surface area contributed by atoms with Gasteiger partial charge in [-0.3, -0.25) is 9.59 Å². The van der Waals surface area contributed by atoms with Crippen LogP contribution in [0.4, 0.5) is 11.4 Å². The third-order valence-corrected chi connectivity index (χ3v) is 5.14. The molecule has 30 heavy (non-hydrogen) atoms. The van der Waals surface area contributed by atoms with Gasteiger partial charge in [-0.05, 0) is 48.7 Å². The van der Waals surface area contributed by atoms with Crippen LogP contribution >= 0.6 is 11.6 Å². The summed E-state index contributed by atoms with van der Waals surface area (Å²) < 4.78 is 5.88. The molecule has 0 spiro atoms. The predicted octanol–water partition coefficient (Wildman–Crippen LogP) is 5.37. The molecule has 2 amide bonds. The van der Waals surface area contributed by atoms with E-state index in [1.807, 2.05) is 54.6 Å². The molecule has 2 N–H and O–H groups in total. The molecule has 1 heterocycles. The predicted molar refractivity (Wildman–Crippen MR) is 118 cm³/mol. The second-order valence-electron chi connectivity index (χ2n) is 7.14. The molecule has 6 heteroatoms. The van der Waals surface area contributed by atoms with Gasteiger partial charge in [-0.2, -0.15) is 0 Å². The fraction of sp³-hybridized carbons (Fsp3) is 0.167. The lowest BCUT2D eigenvalue weighted by Gasteiger charge is -2.26. The first-order valence-corrected chi connectivity index (χ1v) is 10.2. The Morgan fingerprint density at radius 2 is 1.80 bits per heavy atom. The fourth-order valence-electron chi connectivity index (χ4n) is 3.36. The normalized spacial score (nSPS) is 15.0. The zero-order valence-electron chi connectivity index (χ0n) is 16.2. The Morgan fingerprint density at radius 1 is 1.03 bits per heavy atom. The first-order valence-electron chi connectivity index (χ1n) is 9.79. The molecule has 3 aromatic carbocycles. The summed E-state index contributed by atoms with van der Waals surface area (Å²) in [6.07, 6.45) is 1.25. The second-order valence-corrected chi connectivity index (χ2v) is 7.57. The van der Waals surface area contributed by atoms with Crippen LogP contribution in [0.3, 0.4) is 0 Å². The molecule has 0 saturated heterocycles. The molecule has 0 aromatic heterocycles. The number of anilines is 2. The van der Waals surface area contributed by atoms with Crippen molar-refractivity contribution in [3.8, 4) is 5.75 Å². The summed E-state index contributed by atoms with van der Waals surface area (Å²) in [4.78, 5) is 24.7. The average molecular weight is 421 g/mol. The summed E-state index contributed by atoms with van der Waals surface area (Å²) in [5.74, 6) is 0.262. The van der Waals surface area contributed by atoms with E-state index in [1.54, 1.807) is 18.2 Å². The zero-order chi connectivity index (χ0) is 20.9. The van der Waals surface area contributed by atoms with Crippen LogP contribution in [0.2, 0.25) is 5.02 Å². The van der Waals surface area contributed by atoms with Crippen LogP contribution in [0.1, 0.15) is 30.1 Å². The standard InChI is InChI=1S/C24H21ClN2O3/c25-18-11-9-16(10-12-18)5-4-8-22(28)26-19-13-14-21-20(15-19)27-24(29)23(30-21)17-6-2-1-3-7-17/h1-3,6-7,9-15,23H,4-5,8H2,(H,26,28)(H,27,29). The second kappa shape index (κ2) is 9.01. The number of amides is 2. The van der Waals surface area contributed by atoms with Gasteiger partial charge in [0.1, 0.15) is 5.75 Å². The Kier molecular flexibility index (Phi) is 6.00. The third kappa shape index (κ3) is 4.81. The summed E-state index contributed by atoms with van der Waals surface area (Å²) in [6.45, 7) is 0. The van der Waals surface area contributed by atoms with E-state index in [0.717, 1.165) is 24.0 Å². The van der Waals surface area contributed by atoms with Gasteiger partial charge in [0.2, 0.25) is 12.0 Å². The Morgan fingerprint density at radius 3 is 2.57 bits per heavy atom. The summed E-state index contributed by atoms with van der Waals surface area (Å²) in [7, 11) is 0. The summed E-state index contributed by atoms with van der Waals surface area (Å²) in [6, 6.07) is 22.2. The molecule has 0 saturated carbocycles. The maximum Gasteiger partial charge on any atom is 0.270 e. The Hall–Kier alpha value is -3.31. The van der Waals surface area contributed by atoms with Crippen molar-refractivity contribution >= 4 is 34.8 Å². The number of halogens is 1. The van der Waals surface area contributed by atoms with Crippen LogP contribution in [0.15, 0.2) is 72.8 Å². The number of aryl methyl sites for hydroxylation is 1. The van der Waals surface area contributed by atoms with Gasteiger partial charge in [-0.15, -0.1) is 0 Å². The van der Waals surface area contributed by atoms with E-state index < -0.39 is 6.10 Å². The third-order valence-electron chi connectivity index (χ3n) is 4.89. The van der Waals surface area contributed by atoms with Gasteiger partial charge >= 0.3 is 0 Å². The summed E-state index contributed by atoms with van der Waals surface area (Å²) >= 11 is 5.89. The molecule has 5 nitrogen and oxygen atoms in total. The molecule has 4 rings (SSSR count). The van der Waals surface area contributed by atoms with Gasteiger partial charge in [-0.25, -0.2) is 0 Å². The number of ether oxygens (including phenoxy) is 1. The number of nitrogens with one attached hydrogen (secondary N) is 2. The maximum absolute atomic E-state index is 12.5. The van der Waals surface area contributed by atoms with E-state index >= 15 is 0 Å². The number of carbonyl (C=O) groups is 2. The lowest BCUT2D eigenvalue weighted by molar-refractivity contribution is -0.123. The lowest BCUT2D eigenvalue weighted by Crippen LogP contribution is -2.30. The van der Waals surface area contributed by atoms with Gasteiger partial charge in [0.15, 0.2) is 0 Å². The van der Waals surface area contributed by atoms with Crippen molar-refractivity contribution in [3.05, 3.63) is 88.9 Å². The molecule has 152 valence electrons. The highest BCUT2D eigenvalue weighted by atomic mass is 35.5. The monoisotopic (exact) mass is 420 g/mol. The number of carbonyl (C=O) groups excluding carboxylic acids is 2. The van der Waals surface area contributed by atoms with Crippen LogP contribution in [-0.2, 0) is 16.0 Å². The van der Waals surface area contributed by atoms with Crippen molar-refractivity contribution < 1.29 is 14.3 Å². The van der Waals surface area contributed by atoms with Crippen molar-refractivity contribution in [2.24, 2.45) is 0 Å². The highest BCUT2D eigenvalue weighted by Crippen LogP contribution is 2.36. The molecule has 0 aliphatic carbocycles. The largest absolute Gasteiger partial charge is 0.474 e. The molecule has 3 aromatic rings. The highest BCUT2D eigenvalue weighted by Gasteiger charge is 2.29. The number of rotatable bonds is 6. The molecule has 0 bridgehead atoms. The van der Waals surface area contributed by atoms with Gasteiger partial charge in [-0.1, -0.05) is 54.1 Å². The number of fused-ring (bicyclic) bond motifs is 1. The van der Waals surface area contributed by atoms with Crippen molar-refractivity contribution in [2.75, 3.05) is 10.6 Å².